The maximum absolute atomic E-state index is 11.6. The molecule has 106 valence electrons. The Bertz CT molecular complexity index is 232. The number of hydrogen-bond acceptors (Lipinski definition) is 4. The van der Waals surface area contributed by atoms with Gasteiger partial charge >= 0.3 is 0 Å². The fourth-order valence-electron chi connectivity index (χ4n) is 1.44. The first-order valence-electron chi connectivity index (χ1n) is 6.42. The molecule has 0 aromatic rings. The highest BCUT2D eigenvalue weighted by atomic mass is 16.5. The lowest BCUT2D eigenvalue weighted by Gasteiger charge is -2.18. The van der Waals surface area contributed by atoms with Crippen LogP contribution in [0.15, 0.2) is 12.7 Å². The van der Waals surface area contributed by atoms with Gasteiger partial charge in [-0.2, -0.15) is 0 Å². The third-order valence-corrected chi connectivity index (χ3v) is 2.27. The van der Waals surface area contributed by atoms with Crippen molar-refractivity contribution in [2.45, 2.75) is 26.4 Å². The van der Waals surface area contributed by atoms with Crippen LogP contribution in [0.25, 0.3) is 0 Å². The average molecular weight is 258 g/mol. The van der Waals surface area contributed by atoms with Crippen LogP contribution in [-0.4, -0.2) is 61.4 Å². The molecule has 0 fully saturated rings. The molecule has 0 aromatic carbocycles. The average Bonchev–Trinajstić information content (AvgIpc) is 2.28. The number of nitrogens with one attached hydrogen (secondary N) is 1. The molecule has 0 atom stereocenters. The molecule has 2 N–H and O–H groups in total. The summed E-state index contributed by atoms with van der Waals surface area (Å²) in [6.45, 7) is 10.3. The highest BCUT2D eigenvalue weighted by molar-refractivity contribution is 5.77. The quantitative estimate of drug-likeness (QED) is 0.416. The van der Waals surface area contributed by atoms with Gasteiger partial charge in [0.05, 0.1) is 19.3 Å². The number of carbonyl (C=O) groups is 1. The van der Waals surface area contributed by atoms with Gasteiger partial charge in [0.2, 0.25) is 5.91 Å². The summed E-state index contributed by atoms with van der Waals surface area (Å²) in [4.78, 5) is 13.4. The summed E-state index contributed by atoms with van der Waals surface area (Å²) < 4.78 is 5.37. The molecule has 0 unspecified atom stereocenters. The monoisotopic (exact) mass is 258 g/mol. The molecule has 0 spiro atoms. The Hall–Kier alpha value is -0.910. The molecule has 0 aromatic heterocycles. The van der Waals surface area contributed by atoms with Crippen LogP contribution in [0.3, 0.4) is 0 Å². The molecule has 0 aliphatic carbocycles. The van der Waals surface area contributed by atoms with E-state index in [0.29, 0.717) is 26.2 Å². The third kappa shape index (κ3) is 10.3. The van der Waals surface area contributed by atoms with Crippen molar-refractivity contribution in [2.75, 3.05) is 39.4 Å². The standard InChI is InChI=1S/C13H26N2O3/c1-4-7-15(8-9-16)11-13(17)14-6-5-10-18-12(2)3/h4,12,16H,1,5-11H2,2-3H3,(H,14,17). The number of rotatable bonds is 11. The van der Waals surface area contributed by atoms with Crippen molar-refractivity contribution in [3.8, 4) is 0 Å². The van der Waals surface area contributed by atoms with Crippen LogP contribution >= 0.6 is 0 Å². The van der Waals surface area contributed by atoms with E-state index in [2.05, 4.69) is 11.9 Å². The van der Waals surface area contributed by atoms with Crippen LogP contribution in [0.2, 0.25) is 0 Å². The maximum Gasteiger partial charge on any atom is 0.234 e. The van der Waals surface area contributed by atoms with Crippen LogP contribution < -0.4 is 5.32 Å². The van der Waals surface area contributed by atoms with Crippen molar-refractivity contribution < 1.29 is 14.6 Å². The second-order valence-corrected chi connectivity index (χ2v) is 4.37. The Morgan fingerprint density at radius 1 is 1.56 bits per heavy atom. The fourth-order valence-corrected chi connectivity index (χ4v) is 1.44. The highest BCUT2D eigenvalue weighted by Gasteiger charge is 2.08. The number of amides is 1. The van der Waals surface area contributed by atoms with E-state index in [-0.39, 0.29) is 25.2 Å². The normalized spacial score (nSPS) is 10.9. The number of nitrogens with zero attached hydrogens (tertiary/aromatic N) is 1. The number of aliphatic hydroxyl groups is 1. The smallest absolute Gasteiger partial charge is 0.234 e. The van der Waals surface area contributed by atoms with E-state index in [1.807, 2.05) is 18.7 Å². The SMILES string of the molecule is C=CCN(CCO)CC(=O)NCCCOC(C)C. The van der Waals surface area contributed by atoms with Gasteiger partial charge in [-0.05, 0) is 20.3 Å². The lowest BCUT2D eigenvalue weighted by atomic mass is 10.4. The molecule has 0 saturated carbocycles. The molecular formula is C13H26N2O3. The van der Waals surface area contributed by atoms with Crippen LogP contribution in [0.5, 0.6) is 0 Å². The molecule has 5 nitrogen and oxygen atoms in total. The zero-order chi connectivity index (χ0) is 13.8. The van der Waals surface area contributed by atoms with Crippen molar-refractivity contribution in [3.63, 3.8) is 0 Å². The molecule has 0 heterocycles. The minimum absolute atomic E-state index is 0.0325. The van der Waals surface area contributed by atoms with E-state index in [9.17, 15) is 4.79 Å². The Balaban J connectivity index is 3.64. The van der Waals surface area contributed by atoms with Gasteiger partial charge in [0.1, 0.15) is 0 Å². The predicted molar refractivity (Wildman–Crippen MR) is 72.4 cm³/mol. The maximum atomic E-state index is 11.6. The van der Waals surface area contributed by atoms with E-state index in [1.54, 1.807) is 6.08 Å². The molecule has 5 heteroatoms. The Labute approximate surface area is 110 Å². The Morgan fingerprint density at radius 3 is 2.83 bits per heavy atom. The summed E-state index contributed by atoms with van der Waals surface area (Å²) in [5.41, 5.74) is 0. The van der Waals surface area contributed by atoms with E-state index < -0.39 is 0 Å². The first-order chi connectivity index (χ1) is 8.60. The second kappa shape index (κ2) is 11.2. The summed E-state index contributed by atoms with van der Waals surface area (Å²) >= 11 is 0. The zero-order valence-corrected chi connectivity index (χ0v) is 11.5. The summed E-state index contributed by atoms with van der Waals surface area (Å²) in [5, 5.41) is 11.7. The highest BCUT2D eigenvalue weighted by Crippen LogP contribution is 1.90. The minimum Gasteiger partial charge on any atom is -0.395 e. The summed E-state index contributed by atoms with van der Waals surface area (Å²) in [5.74, 6) is -0.0325. The largest absolute Gasteiger partial charge is 0.395 e. The van der Waals surface area contributed by atoms with Gasteiger partial charge < -0.3 is 15.2 Å². The van der Waals surface area contributed by atoms with Crippen LogP contribution in [0.4, 0.5) is 0 Å². The van der Waals surface area contributed by atoms with E-state index in [4.69, 9.17) is 9.84 Å². The van der Waals surface area contributed by atoms with E-state index >= 15 is 0 Å². The van der Waals surface area contributed by atoms with Gasteiger partial charge in [-0.15, -0.1) is 6.58 Å². The molecule has 1 amide bonds. The second-order valence-electron chi connectivity index (χ2n) is 4.37. The van der Waals surface area contributed by atoms with E-state index in [1.165, 1.54) is 0 Å². The van der Waals surface area contributed by atoms with E-state index in [0.717, 1.165) is 6.42 Å². The summed E-state index contributed by atoms with van der Waals surface area (Å²) in [6, 6.07) is 0. The fraction of sp³-hybridized carbons (Fsp3) is 0.769. The van der Waals surface area contributed by atoms with Gasteiger partial charge in [0, 0.05) is 26.2 Å². The van der Waals surface area contributed by atoms with Crippen molar-refractivity contribution >= 4 is 5.91 Å². The van der Waals surface area contributed by atoms with Crippen molar-refractivity contribution in [3.05, 3.63) is 12.7 Å². The van der Waals surface area contributed by atoms with Crippen LogP contribution in [0.1, 0.15) is 20.3 Å². The van der Waals surface area contributed by atoms with Crippen LogP contribution in [-0.2, 0) is 9.53 Å². The van der Waals surface area contributed by atoms with Crippen LogP contribution in [0, 0.1) is 0 Å². The van der Waals surface area contributed by atoms with Gasteiger partial charge in [-0.25, -0.2) is 0 Å². The predicted octanol–water partition coefficient (Wildman–Crippen LogP) is 0.398. The molecule has 0 saturated heterocycles. The van der Waals surface area contributed by atoms with Crippen molar-refractivity contribution in [1.29, 1.82) is 0 Å². The molecule has 0 bridgehead atoms. The topological polar surface area (TPSA) is 61.8 Å². The molecule has 0 radical (unpaired) electrons. The van der Waals surface area contributed by atoms with Crippen molar-refractivity contribution in [2.24, 2.45) is 0 Å². The summed E-state index contributed by atoms with van der Waals surface area (Å²) in [6.07, 6.45) is 2.76. The summed E-state index contributed by atoms with van der Waals surface area (Å²) in [7, 11) is 0. The zero-order valence-electron chi connectivity index (χ0n) is 11.5. The Kier molecular flexibility index (Phi) is 10.6. The molecule has 0 aliphatic heterocycles. The lowest BCUT2D eigenvalue weighted by Crippen LogP contribution is -2.39. The van der Waals surface area contributed by atoms with Gasteiger partial charge in [-0.3, -0.25) is 9.69 Å². The first-order valence-corrected chi connectivity index (χ1v) is 6.42. The minimum atomic E-state index is -0.0325. The van der Waals surface area contributed by atoms with Gasteiger partial charge in [0.15, 0.2) is 0 Å². The number of aliphatic hydroxyl groups excluding tert-OH is 1. The molecular weight excluding hydrogens is 232 g/mol. The van der Waals surface area contributed by atoms with Gasteiger partial charge in [-0.1, -0.05) is 6.08 Å². The van der Waals surface area contributed by atoms with Gasteiger partial charge in [0.25, 0.3) is 0 Å². The third-order valence-electron chi connectivity index (χ3n) is 2.27. The first kappa shape index (κ1) is 17.1. The number of ether oxygens (including phenoxy) is 1. The Morgan fingerprint density at radius 2 is 2.28 bits per heavy atom. The molecule has 0 rings (SSSR count). The molecule has 18 heavy (non-hydrogen) atoms. The van der Waals surface area contributed by atoms with Crippen molar-refractivity contribution in [1.82, 2.24) is 10.2 Å². The number of carbonyl (C=O) groups excluding carboxylic acids is 1. The number of hydrogen-bond donors (Lipinski definition) is 2. The molecule has 0 aliphatic rings. The lowest BCUT2D eigenvalue weighted by molar-refractivity contribution is -0.122.